The first-order valence-corrected chi connectivity index (χ1v) is 6.67. The van der Waals surface area contributed by atoms with E-state index in [4.69, 9.17) is 13.8 Å². The van der Waals surface area contributed by atoms with Crippen molar-refractivity contribution in [2.75, 3.05) is 21.3 Å². The zero-order chi connectivity index (χ0) is 12.9. The van der Waals surface area contributed by atoms with Gasteiger partial charge in [0.15, 0.2) is 5.85 Å². The van der Waals surface area contributed by atoms with Crippen LogP contribution in [0, 0.1) is 0 Å². The van der Waals surface area contributed by atoms with Gasteiger partial charge in [-0.3, -0.25) is 4.57 Å². The van der Waals surface area contributed by atoms with E-state index in [1.165, 1.54) is 21.3 Å². The number of benzene rings is 1. The van der Waals surface area contributed by atoms with Gasteiger partial charge in [-0.05, 0) is 5.56 Å². The fraction of sp³-hybridized carbons (Fsp3) is 0.455. The van der Waals surface area contributed by atoms with E-state index in [2.05, 4.69) is 0 Å². The van der Waals surface area contributed by atoms with Crippen LogP contribution in [0.4, 0.5) is 0 Å². The van der Waals surface area contributed by atoms with Gasteiger partial charge in [-0.25, -0.2) is 0 Å². The Hall–Kier alpha value is -0.710. The molecule has 0 aliphatic heterocycles. The Labute approximate surface area is 101 Å². The van der Waals surface area contributed by atoms with Gasteiger partial charge in [0.25, 0.3) is 0 Å². The van der Waals surface area contributed by atoms with Crippen molar-refractivity contribution in [3.8, 4) is 0 Å². The normalized spacial score (nSPS) is 15.5. The lowest BCUT2D eigenvalue weighted by Gasteiger charge is -2.27. The lowest BCUT2D eigenvalue weighted by atomic mass is 10.1. The van der Waals surface area contributed by atoms with E-state index >= 15 is 0 Å². The molecular weight excluding hydrogens is 243 g/mol. The molecule has 0 aliphatic rings. The maximum atomic E-state index is 12.2. The first-order chi connectivity index (χ1) is 8.09. The minimum Gasteiger partial charge on any atom is -0.385 e. The highest BCUT2D eigenvalue weighted by molar-refractivity contribution is 7.54. The molecule has 0 fully saturated rings. The summed E-state index contributed by atoms with van der Waals surface area (Å²) in [7, 11) is 0.380. The molecule has 1 N–H and O–H groups in total. The third kappa shape index (κ3) is 3.15. The number of ether oxygens (including phenoxy) is 1. The lowest BCUT2D eigenvalue weighted by molar-refractivity contribution is 0.0159. The number of aliphatic hydroxyl groups is 1. The second-order valence-corrected chi connectivity index (χ2v) is 5.71. The van der Waals surface area contributed by atoms with Crippen LogP contribution in [-0.4, -0.2) is 32.3 Å². The largest absolute Gasteiger partial charge is 0.385 e. The van der Waals surface area contributed by atoms with Crippen molar-refractivity contribution in [3.05, 3.63) is 35.9 Å². The monoisotopic (exact) mass is 260 g/mol. The smallest absolute Gasteiger partial charge is 0.361 e. The summed E-state index contributed by atoms with van der Waals surface area (Å²) >= 11 is 0. The fourth-order valence-corrected chi connectivity index (χ4v) is 2.87. The van der Waals surface area contributed by atoms with Crippen molar-refractivity contribution in [2.24, 2.45) is 0 Å². The molecule has 0 saturated carbocycles. The summed E-state index contributed by atoms with van der Waals surface area (Å²) in [6.07, 6.45) is -1.08. The zero-order valence-electron chi connectivity index (χ0n) is 10.1. The molecule has 0 unspecified atom stereocenters. The molecule has 2 atom stereocenters. The van der Waals surface area contributed by atoms with Gasteiger partial charge in [0.1, 0.15) is 6.10 Å². The SMILES string of the molecule is CO[C@H]([C@@H](O)c1ccccc1)P(=O)(OC)OC. The Balaban J connectivity index is 2.99. The molecule has 0 heterocycles. The second kappa shape index (κ2) is 6.28. The molecule has 5 nitrogen and oxygen atoms in total. The molecule has 1 aromatic carbocycles. The van der Waals surface area contributed by atoms with Crippen LogP contribution in [0.2, 0.25) is 0 Å². The van der Waals surface area contributed by atoms with Gasteiger partial charge in [-0.15, -0.1) is 0 Å². The maximum absolute atomic E-state index is 12.2. The summed E-state index contributed by atoms with van der Waals surface area (Å²) in [6, 6.07) is 8.80. The number of rotatable bonds is 6. The molecule has 0 spiro atoms. The number of methoxy groups -OCH3 is 1. The Morgan fingerprint density at radius 2 is 1.65 bits per heavy atom. The van der Waals surface area contributed by atoms with Crippen molar-refractivity contribution in [2.45, 2.75) is 11.9 Å². The number of hydrogen-bond donors (Lipinski definition) is 1. The summed E-state index contributed by atoms with van der Waals surface area (Å²) < 4.78 is 26.9. The minimum atomic E-state index is -3.49. The fourth-order valence-electron chi connectivity index (χ4n) is 1.53. The van der Waals surface area contributed by atoms with Gasteiger partial charge in [0.2, 0.25) is 0 Å². The summed E-state index contributed by atoms with van der Waals surface area (Å²) in [6.45, 7) is 0. The van der Waals surface area contributed by atoms with E-state index in [1.807, 2.05) is 6.07 Å². The van der Waals surface area contributed by atoms with E-state index in [0.717, 1.165) is 0 Å². The van der Waals surface area contributed by atoms with Gasteiger partial charge in [0.05, 0.1) is 0 Å². The Kier molecular flexibility index (Phi) is 5.31. The molecule has 96 valence electrons. The molecular formula is C11H17O5P. The van der Waals surface area contributed by atoms with Crippen molar-refractivity contribution < 1.29 is 23.5 Å². The van der Waals surface area contributed by atoms with Crippen molar-refractivity contribution >= 4 is 7.60 Å². The molecule has 1 rings (SSSR count). The number of hydrogen-bond acceptors (Lipinski definition) is 5. The molecule has 1 aromatic rings. The highest BCUT2D eigenvalue weighted by atomic mass is 31.2. The highest BCUT2D eigenvalue weighted by Gasteiger charge is 2.40. The summed E-state index contributed by atoms with van der Waals surface area (Å²) in [4.78, 5) is 0. The predicted molar refractivity (Wildman–Crippen MR) is 63.8 cm³/mol. The van der Waals surface area contributed by atoms with Gasteiger partial charge in [-0.1, -0.05) is 30.3 Å². The Morgan fingerprint density at radius 1 is 1.12 bits per heavy atom. The molecule has 0 radical (unpaired) electrons. The average Bonchev–Trinajstić information content (AvgIpc) is 2.40. The van der Waals surface area contributed by atoms with Crippen molar-refractivity contribution in [3.63, 3.8) is 0 Å². The van der Waals surface area contributed by atoms with Gasteiger partial charge >= 0.3 is 7.60 Å². The molecule has 0 aromatic heterocycles. The molecule has 0 amide bonds. The van der Waals surface area contributed by atoms with Crippen LogP contribution in [0.3, 0.4) is 0 Å². The summed E-state index contributed by atoms with van der Waals surface area (Å²) in [5, 5.41) is 10.1. The van der Waals surface area contributed by atoms with Crippen LogP contribution >= 0.6 is 7.60 Å². The standard InChI is InChI=1S/C11H17O5P/c1-14-11(17(13,15-2)16-3)10(12)9-7-5-4-6-8-9/h4-8,10-12H,1-3H3/t10-,11-/m0/s1. The van der Waals surface area contributed by atoms with Crippen LogP contribution in [0.1, 0.15) is 11.7 Å². The third-order valence-corrected chi connectivity index (χ3v) is 4.61. The quantitative estimate of drug-likeness (QED) is 0.794. The maximum Gasteiger partial charge on any atom is 0.361 e. The molecule has 0 saturated heterocycles. The minimum absolute atomic E-state index is 0.591. The van der Waals surface area contributed by atoms with Crippen LogP contribution in [0.25, 0.3) is 0 Å². The summed E-state index contributed by atoms with van der Waals surface area (Å²) in [5.74, 6) is -1.06. The lowest BCUT2D eigenvalue weighted by Crippen LogP contribution is -2.22. The van der Waals surface area contributed by atoms with Gasteiger partial charge in [0, 0.05) is 21.3 Å². The molecule has 0 aliphatic carbocycles. The molecule has 17 heavy (non-hydrogen) atoms. The van der Waals surface area contributed by atoms with Gasteiger partial charge < -0.3 is 18.9 Å². The number of aliphatic hydroxyl groups excluding tert-OH is 1. The third-order valence-electron chi connectivity index (χ3n) is 2.47. The van der Waals surface area contributed by atoms with Crippen molar-refractivity contribution in [1.82, 2.24) is 0 Å². The first kappa shape index (κ1) is 14.4. The van der Waals surface area contributed by atoms with Crippen LogP contribution in [0.15, 0.2) is 30.3 Å². The zero-order valence-corrected chi connectivity index (χ0v) is 11.0. The van der Waals surface area contributed by atoms with E-state index in [1.54, 1.807) is 24.3 Å². The topological polar surface area (TPSA) is 65.0 Å². The first-order valence-electron chi connectivity index (χ1n) is 5.06. The van der Waals surface area contributed by atoms with Crippen LogP contribution < -0.4 is 0 Å². The van der Waals surface area contributed by atoms with E-state index in [9.17, 15) is 9.67 Å². The summed E-state index contributed by atoms with van der Waals surface area (Å²) in [5.41, 5.74) is 0.591. The predicted octanol–water partition coefficient (Wildman–Crippen LogP) is 2.18. The van der Waals surface area contributed by atoms with Crippen LogP contribution in [-0.2, 0) is 18.3 Å². The van der Waals surface area contributed by atoms with E-state index < -0.39 is 19.5 Å². The van der Waals surface area contributed by atoms with Gasteiger partial charge in [-0.2, -0.15) is 0 Å². The van der Waals surface area contributed by atoms with E-state index in [-0.39, 0.29) is 0 Å². The average molecular weight is 260 g/mol. The van der Waals surface area contributed by atoms with Crippen LogP contribution in [0.5, 0.6) is 0 Å². The van der Waals surface area contributed by atoms with E-state index in [0.29, 0.717) is 5.56 Å². The molecule has 6 heteroatoms. The second-order valence-electron chi connectivity index (χ2n) is 3.39. The Morgan fingerprint density at radius 3 is 2.06 bits per heavy atom. The van der Waals surface area contributed by atoms with Crippen molar-refractivity contribution in [1.29, 1.82) is 0 Å². The highest BCUT2D eigenvalue weighted by Crippen LogP contribution is 2.55. The Bertz CT molecular complexity index is 373. The molecule has 0 bridgehead atoms.